The number of hydrogen-bond donors (Lipinski definition) is 4. The second-order valence-corrected chi connectivity index (χ2v) is 24.0. The predicted molar refractivity (Wildman–Crippen MR) is 221 cm³/mol. The van der Waals surface area contributed by atoms with E-state index in [1.54, 1.807) is 11.6 Å². The molecule has 0 amide bonds. The van der Waals surface area contributed by atoms with Crippen molar-refractivity contribution in [2.75, 3.05) is 11.5 Å². The van der Waals surface area contributed by atoms with E-state index in [1.807, 2.05) is 34.1 Å². The zero-order valence-corrected chi connectivity index (χ0v) is 35.7. The molecule has 7 nitrogen and oxygen atoms in total. The Morgan fingerprint density at radius 3 is 2.44 bits per heavy atom. The zero-order chi connectivity index (χ0) is 38.7. The molecule has 8 aliphatic rings. The van der Waals surface area contributed by atoms with E-state index >= 15 is 0 Å². The number of allylic oxidation sites excluding steroid dienone is 2. The van der Waals surface area contributed by atoms with Gasteiger partial charge in [-0.3, -0.25) is 4.79 Å². The molecule has 9 rings (SSSR count). The third-order valence-corrected chi connectivity index (χ3v) is 20.9. The lowest BCUT2D eigenvalue weighted by Gasteiger charge is -2.61. The van der Waals surface area contributed by atoms with E-state index in [-0.39, 0.29) is 53.3 Å². The summed E-state index contributed by atoms with van der Waals surface area (Å²) >= 11 is 0. The highest BCUT2D eigenvalue weighted by atomic mass is 33.1. The average Bonchev–Trinajstić information content (AvgIpc) is 3.86. The van der Waals surface area contributed by atoms with Gasteiger partial charge in [-0.25, -0.2) is 4.98 Å². The summed E-state index contributed by atoms with van der Waals surface area (Å²) in [4.78, 5) is 18.6. The van der Waals surface area contributed by atoms with Gasteiger partial charge in [-0.1, -0.05) is 73.8 Å². The summed E-state index contributed by atoms with van der Waals surface area (Å²) in [6.45, 7) is 11.6. The minimum absolute atomic E-state index is 0.00321. The lowest BCUT2D eigenvalue weighted by Crippen LogP contribution is -2.62. The van der Waals surface area contributed by atoms with Crippen LogP contribution in [0.1, 0.15) is 137 Å². The van der Waals surface area contributed by atoms with Crippen molar-refractivity contribution in [2.45, 2.75) is 161 Å². The zero-order valence-electron chi connectivity index (χ0n) is 34.1. The first kappa shape index (κ1) is 39.4. The van der Waals surface area contributed by atoms with Gasteiger partial charge in [0.15, 0.2) is 5.78 Å². The number of imidazole rings is 1. The summed E-state index contributed by atoms with van der Waals surface area (Å²) in [6, 6.07) is 0.246. The number of fused-ring (bicyclic) bond motifs is 10. The molecule has 0 aromatic carbocycles. The fourth-order valence-corrected chi connectivity index (χ4v) is 18.2. The van der Waals surface area contributed by atoms with Crippen molar-refractivity contribution >= 4 is 27.4 Å². The molecule has 9 heteroatoms. The number of hydrogen-bond acceptors (Lipinski definition) is 8. The number of nitrogens with zero attached hydrogens (tertiary/aromatic N) is 2. The minimum atomic E-state index is -1.19. The van der Waals surface area contributed by atoms with Gasteiger partial charge < -0.3 is 25.0 Å². The molecule has 55 heavy (non-hydrogen) atoms. The summed E-state index contributed by atoms with van der Waals surface area (Å²) < 4.78 is 2.30. The number of aliphatic hydroxyl groups is 4. The first-order chi connectivity index (χ1) is 26.1. The van der Waals surface area contributed by atoms with Crippen LogP contribution in [0, 0.1) is 63.1 Å². The molecule has 7 aliphatic carbocycles. The van der Waals surface area contributed by atoms with Gasteiger partial charge in [0.25, 0.3) is 0 Å². The maximum absolute atomic E-state index is 14.1. The third kappa shape index (κ3) is 6.10. The highest BCUT2D eigenvalue weighted by Gasteiger charge is 2.70. The smallest absolute Gasteiger partial charge is 0.159 e. The van der Waals surface area contributed by atoms with Crippen LogP contribution in [-0.2, 0) is 4.79 Å². The van der Waals surface area contributed by atoms with E-state index in [9.17, 15) is 25.2 Å². The molecule has 4 bridgehead atoms. The highest BCUT2D eigenvalue weighted by molar-refractivity contribution is 8.76. The Balaban J connectivity index is 1.11. The molecule has 1 spiro atoms. The number of carbonyl (C=O) groups excluding carboxylic acids is 1. The molecular formula is C46H68N2O5S2. The van der Waals surface area contributed by atoms with Crippen molar-refractivity contribution in [1.29, 1.82) is 0 Å². The number of rotatable bonds is 1. The Labute approximate surface area is 337 Å². The van der Waals surface area contributed by atoms with Gasteiger partial charge in [-0.15, -0.1) is 0 Å². The summed E-state index contributed by atoms with van der Waals surface area (Å²) in [5, 5.41) is 48.0. The van der Waals surface area contributed by atoms with Gasteiger partial charge in [0.1, 0.15) is 0 Å². The van der Waals surface area contributed by atoms with Crippen LogP contribution in [0.2, 0.25) is 0 Å². The SMILES string of the molecule is CC1C(O)CC(=C2CC3CCC4CCCC4(C2)C3)C(C)(C)CC(n2ccnc2)CSSCC2CC1C1(C)CCC3C(=CC(=O)C4CC(O)C(O)CC43C)C21O. The van der Waals surface area contributed by atoms with Gasteiger partial charge >= 0.3 is 0 Å². The van der Waals surface area contributed by atoms with Crippen LogP contribution in [0.4, 0.5) is 0 Å². The normalized spacial score (nSPS) is 51.3. The molecule has 1 aliphatic heterocycles. The second kappa shape index (κ2) is 14.0. The number of aromatic nitrogens is 2. The maximum atomic E-state index is 14.1. The molecule has 15 unspecified atom stereocenters. The van der Waals surface area contributed by atoms with Gasteiger partial charge in [0, 0.05) is 47.2 Å². The van der Waals surface area contributed by atoms with Crippen molar-refractivity contribution in [1.82, 2.24) is 9.55 Å². The predicted octanol–water partition coefficient (Wildman–Crippen LogP) is 8.73. The molecule has 15 atom stereocenters. The average molecular weight is 793 g/mol. The molecule has 304 valence electrons. The number of aliphatic hydroxyl groups excluding tert-OH is 3. The van der Waals surface area contributed by atoms with E-state index in [2.05, 4.69) is 50.4 Å². The van der Waals surface area contributed by atoms with Gasteiger partial charge in [0.2, 0.25) is 0 Å². The van der Waals surface area contributed by atoms with Crippen LogP contribution in [0.15, 0.2) is 41.5 Å². The molecule has 6 saturated carbocycles. The van der Waals surface area contributed by atoms with E-state index < -0.39 is 34.7 Å². The van der Waals surface area contributed by atoms with Crippen molar-refractivity contribution < 1.29 is 25.2 Å². The van der Waals surface area contributed by atoms with E-state index in [0.717, 1.165) is 54.6 Å². The van der Waals surface area contributed by atoms with Crippen LogP contribution in [0.25, 0.3) is 0 Å². The summed E-state index contributed by atoms with van der Waals surface area (Å²) in [5.41, 5.74) is 2.23. The van der Waals surface area contributed by atoms with Crippen LogP contribution in [-0.4, -0.2) is 71.2 Å². The molecule has 2 heterocycles. The van der Waals surface area contributed by atoms with Crippen LogP contribution in [0.3, 0.4) is 0 Å². The third-order valence-electron chi connectivity index (χ3n) is 18.4. The fourth-order valence-electron chi connectivity index (χ4n) is 15.5. The Morgan fingerprint density at radius 2 is 1.65 bits per heavy atom. The maximum Gasteiger partial charge on any atom is 0.159 e. The Hall–Kier alpha value is -1.10. The molecule has 1 aromatic heterocycles. The van der Waals surface area contributed by atoms with Gasteiger partial charge in [-0.05, 0) is 147 Å². The Kier molecular flexibility index (Phi) is 10.0. The van der Waals surface area contributed by atoms with Gasteiger partial charge in [0.05, 0.1) is 30.2 Å². The Bertz CT molecular complexity index is 1710. The van der Waals surface area contributed by atoms with Crippen LogP contribution in [0.5, 0.6) is 0 Å². The highest BCUT2D eigenvalue weighted by Crippen LogP contribution is 2.71. The number of ketones is 1. The van der Waals surface area contributed by atoms with Crippen molar-refractivity contribution in [3.05, 3.63) is 41.5 Å². The molecule has 1 aromatic rings. The van der Waals surface area contributed by atoms with E-state index in [0.29, 0.717) is 18.3 Å². The van der Waals surface area contributed by atoms with Crippen molar-refractivity contribution in [2.24, 2.45) is 63.1 Å². The van der Waals surface area contributed by atoms with Gasteiger partial charge in [-0.2, -0.15) is 0 Å². The van der Waals surface area contributed by atoms with Crippen molar-refractivity contribution in [3.63, 3.8) is 0 Å². The molecule has 1 saturated heterocycles. The summed E-state index contributed by atoms with van der Waals surface area (Å²) in [6.07, 6.45) is 21.0. The largest absolute Gasteiger partial charge is 0.393 e. The van der Waals surface area contributed by atoms with Crippen LogP contribution >= 0.6 is 21.6 Å². The van der Waals surface area contributed by atoms with Crippen LogP contribution < -0.4 is 0 Å². The standard InChI is InChI=1S/C46H68N2O5S2/c1-27-34-16-31(46(53)36-18-39(50)37-19-40(51)41(52)23-43(37,4)33(36)10-12-44(34,46)5)24-54-55-25-32(48-14-13-47-26-48)22-42(2,3)35(17-38(27)49)29-15-28-8-9-30-7-6-11-45(30,20-28)21-29/h13-14,18,26-28,30-34,37-38,40-41,49,51-53H,6-12,15-17,19-25H2,1-5H3. The quantitative estimate of drug-likeness (QED) is 0.165. The Morgan fingerprint density at radius 1 is 0.855 bits per heavy atom. The molecule has 0 radical (unpaired) electrons. The lowest BCUT2D eigenvalue weighted by atomic mass is 9.45. The monoisotopic (exact) mass is 792 g/mol. The summed E-state index contributed by atoms with van der Waals surface area (Å²) in [5.74, 6) is 2.98. The van der Waals surface area contributed by atoms with Crippen molar-refractivity contribution in [3.8, 4) is 0 Å². The fraction of sp³-hybridized carbons (Fsp3) is 0.826. The summed E-state index contributed by atoms with van der Waals surface area (Å²) in [7, 11) is 3.79. The first-order valence-corrected chi connectivity index (χ1v) is 24.5. The lowest BCUT2D eigenvalue weighted by molar-refractivity contribution is -0.158. The topological polar surface area (TPSA) is 116 Å². The minimum Gasteiger partial charge on any atom is -0.393 e. The molecule has 7 fully saturated rings. The van der Waals surface area contributed by atoms with E-state index in [4.69, 9.17) is 0 Å². The van der Waals surface area contributed by atoms with E-state index in [1.165, 1.54) is 56.9 Å². The molecular weight excluding hydrogens is 725 g/mol. The first-order valence-electron chi connectivity index (χ1n) is 22.1. The second-order valence-electron chi connectivity index (χ2n) is 21.5. The molecule has 4 N–H and O–H groups in total. The number of carbonyl (C=O) groups is 1.